The van der Waals surface area contributed by atoms with Gasteiger partial charge in [0.1, 0.15) is 0 Å². The molecule has 0 heterocycles. The molecule has 1 atom stereocenters. The van der Waals surface area contributed by atoms with Crippen LogP contribution >= 0.6 is 23.5 Å². The standard InChI is InChI=1S/C18H21NO3S2/c1-12(18(20)19-14-7-5-6-8-17(14)23-4)24-13-9-10-15(21-2)16(11-13)22-3/h5-12H,1-4H3,(H,19,20). The predicted molar refractivity (Wildman–Crippen MR) is 102 cm³/mol. The number of hydrogen-bond donors (Lipinski definition) is 1. The SMILES string of the molecule is COc1ccc(SC(C)C(=O)Nc2ccccc2SC)cc1OC. The van der Waals surface area contributed by atoms with E-state index in [0.29, 0.717) is 11.5 Å². The average Bonchev–Trinajstić information content (AvgIpc) is 2.61. The maximum absolute atomic E-state index is 12.5. The number of amides is 1. The van der Waals surface area contributed by atoms with Gasteiger partial charge in [-0.25, -0.2) is 0 Å². The van der Waals surface area contributed by atoms with Gasteiger partial charge in [-0.05, 0) is 43.5 Å². The summed E-state index contributed by atoms with van der Waals surface area (Å²) in [5.41, 5.74) is 0.842. The smallest absolute Gasteiger partial charge is 0.237 e. The molecule has 6 heteroatoms. The van der Waals surface area contributed by atoms with E-state index in [4.69, 9.17) is 9.47 Å². The zero-order valence-electron chi connectivity index (χ0n) is 14.2. The lowest BCUT2D eigenvalue weighted by Crippen LogP contribution is -2.22. The van der Waals surface area contributed by atoms with E-state index in [0.717, 1.165) is 15.5 Å². The minimum absolute atomic E-state index is 0.0312. The lowest BCUT2D eigenvalue weighted by molar-refractivity contribution is -0.115. The fourth-order valence-corrected chi connectivity index (χ4v) is 3.58. The second kappa shape index (κ2) is 8.89. The van der Waals surface area contributed by atoms with Crippen LogP contribution in [0, 0.1) is 0 Å². The highest BCUT2D eigenvalue weighted by Gasteiger charge is 2.17. The Labute approximate surface area is 151 Å². The Hall–Kier alpha value is -1.79. The van der Waals surface area contributed by atoms with E-state index in [9.17, 15) is 4.79 Å². The van der Waals surface area contributed by atoms with Crippen LogP contribution in [0.4, 0.5) is 5.69 Å². The summed E-state index contributed by atoms with van der Waals surface area (Å²) in [6.07, 6.45) is 1.99. The summed E-state index contributed by atoms with van der Waals surface area (Å²) >= 11 is 3.09. The summed E-state index contributed by atoms with van der Waals surface area (Å²) in [6, 6.07) is 13.4. The van der Waals surface area contributed by atoms with E-state index in [1.54, 1.807) is 26.0 Å². The van der Waals surface area contributed by atoms with Crippen molar-refractivity contribution in [3.63, 3.8) is 0 Å². The molecule has 0 saturated carbocycles. The number of carbonyl (C=O) groups is 1. The molecule has 24 heavy (non-hydrogen) atoms. The molecule has 2 aromatic rings. The van der Waals surface area contributed by atoms with Crippen LogP contribution in [0.25, 0.3) is 0 Å². The molecule has 0 radical (unpaired) electrons. The Morgan fingerprint density at radius 2 is 1.79 bits per heavy atom. The van der Waals surface area contributed by atoms with Gasteiger partial charge in [0.15, 0.2) is 11.5 Å². The second-order valence-corrected chi connectivity index (χ2v) is 7.23. The van der Waals surface area contributed by atoms with E-state index in [1.807, 2.05) is 55.6 Å². The molecule has 128 valence electrons. The molecule has 2 aromatic carbocycles. The van der Waals surface area contributed by atoms with Crippen molar-refractivity contribution in [1.29, 1.82) is 0 Å². The summed E-state index contributed by atoms with van der Waals surface area (Å²) in [6.45, 7) is 1.89. The Morgan fingerprint density at radius 3 is 2.46 bits per heavy atom. The number of hydrogen-bond acceptors (Lipinski definition) is 5. The van der Waals surface area contributed by atoms with Gasteiger partial charge in [-0.3, -0.25) is 4.79 Å². The summed E-state index contributed by atoms with van der Waals surface area (Å²) in [7, 11) is 3.20. The molecule has 0 aliphatic rings. The van der Waals surface area contributed by atoms with Crippen molar-refractivity contribution in [2.75, 3.05) is 25.8 Å². The van der Waals surface area contributed by atoms with Gasteiger partial charge in [0.05, 0.1) is 25.2 Å². The van der Waals surface area contributed by atoms with Crippen molar-refractivity contribution >= 4 is 35.1 Å². The van der Waals surface area contributed by atoms with Gasteiger partial charge >= 0.3 is 0 Å². The third-order valence-electron chi connectivity index (χ3n) is 3.40. The first-order valence-corrected chi connectivity index (χ1v) is 9.52. The molecule has 1 N–H and O–H groups in total. The van der Waals surface area contributed by atoms with E-state index < -0.39 is 0 Å². The summed E-state index contributed by atoms with van der Waals surface area (Å²) < 4.78 is 10.5. The molecule has 0 spiro atoms. The predicted octanol–water partition coefficient (Wildman–Crippen LogP) is 4.55. The third-order valence-corrected chi connectivity index (χ3v) is 5.29. The molecule has 1 unspecified atom stereocenters. The highest BCUT2D eigenvalue weighted by Crippen LogP contribution is 2.34. The van der Waals surface area contributed by atoms with Crippen LogP contribution in [0.15, 0.2) is 52.3 Å². The van der Waals surface area contributed by atoms with E-state index in [2.05, 4.69) is 5.32 Å². The van der Waals surface area contributed by atoms with Crippen LogP contribution in [0.3, 0.4) is 0 Å². The second-order valence-electron chi connectivity index (χ2n) is 4.97. The Balaban J connectivity index is 2.06. The molecular formula is C18H21NO3S2. The lowest BCUT2D eigenvalue weighted by atomic mass is 10.3. The van der Waals surface area contributed by atoms with Crippen LogP contribution in [0.1, 0.15) is 6.92 Å². The van der Waals surface area contributed by atoms with Crippen molar-refractivity contribution in [3.05, 3.63) is 42.5 Å². The van der Waals surface area contributed by atoms with Gasteiger partial charge in [0.2, 0.25) is 5.91 Å². The molecule has 2 rings (SSSR count). The molecule has 0 fully saturated rings. The van der Waals surface area contributed by atoms with Crippen molar-refractivity contribution in [2.24, 2.45) is 0 Å². The first-order chi connectivity index (χ1) is 11.6. The Kier molecular flexibility index (Phi) is 6.87. The van der Waals surface area contributed by atoms with Gasteiger partial charge in [-0.2, -0.15) is 0 Å². The fourth-order valence-electron chi connectivity index (χ4n) is 2.13. The number of thioether (sulfide) groups is 2. The lowest BCUT2D eigenvalue weighted by Gasteiger charge is -2.15. The van der Waals surface area contributed by atoms with Crippen molar-refractivity contribution < 1.29 is 14.3 Å². The number of nitrogens with one attached hydrogen (secondary N) is 1. The van der Waals surface area contributed by atoms with Gasteiger partial charge in [-0.15, -0.1) is 23.5 Å². The van der Waals surface area contributed by atoms with Crippen molar-refractivity contribution in [2.45, 2.75) is 22.0 Å². The number of benzene rings is 2. The summed E-state index contributed by atoms with van der Waals surface area (Å²) in [4.78, 5) is 14.5. The first kappa shape index (κ1) is 18.5. The summed E-state index contributed by atoms with van der Waals surface area (Å²) in [5.74, 6) is 1.30. The monoisotopic (exact) mass is 363 g/mol. The Bertz CT molecular complexity index is 706. The first-order valence-electron chi connectivity index (χ1n) is 7.41. The van der Waals surface area contributed by atoms with Gasteiger partial charge in [0, 0.05) is 9.79 Å². The van der Waals surface area contributed by atoms with Crippen molar-refractivity contribution in [1.82, 2.24) is 0 Å². The molecular weight excluding hydrogens is 342 g/mol. The minimum atomic E-state index is -0.238. The number of anilines is 1. The van der Waals surface area contributed by atoms with E-state index in [-0.39, 0.29) is 11.2 Å². The van der Waals surface area contributed by atoms with Crippen LogP contribution in [-0.4, -0.2) is 31.6 Å². The maximum Gasteiger partial charge on any atom is 0.237 e. The molecule has 0 bridgehead atoms. The van der Waals surface area contributed by atoms with E-state index >= 15 is 0 Å². The zero-order valence-corrected chi connectivity index (χ0v) is 15.8. The largest absolute Gasteiger partial charge is 0.493 e. The quantitative estimate of drug-likeness (QED) is 0.732. The number of para-hydroxylation sites is 1. The highest BCUT2D eigenvalue weighted by atomic mass is 32.2. The van der Waals surface area contributed by atoms with Crippen molar-refractivity contribution in [3.8, 4) is 11.5 Å². The number of ether oxygens (including phenoxy) is 2. The average molecular weight is 364 g/mol. The maximum atomic E-state index is 12.5. The number of rotatable bonds is 7. The minimum Gasteiger partial charge on any atom is -0.493 e. The van der Waals surface area contributed by atoms with Crippen LogP contribution in [0.5, 0.6) is 11.5 Å². The molecule has 1 amide bonds. The molecule has 4 nitrogen and oxygen atoms in total. The van der Waals surface area contributed by atoms with Crippen LogP contribution in [-0.2, 0) is 4.79 Å². The number of methoxy groups -OCH3 is 2. The van der Waals surface area contributed by atoms with Crippen LogP contribution < -0.4 is 14.8 Å². The van der Waals surface area contributed by atoms with Crippen LogP contribution in [0.2, 0.25) is 0 Å². The molecule has 0 saturated heterocycles. The molecule has 0 aliphatic carbocycles. The Morgan fingerprint density at radius 1 is 1.08 bits per heavy atom. The number of carbonyl (C=O) groups excluding carboxylic acids is 1. The van der Waals surface area contributed by atoms with Gasteiger partial charge in [0.25, 0.3) is 0 Å². The zero-order chi connectivity index (χ0) is 17.5. The topological polar surface area (TPSA) is 47.6 Å². The highest BCUT2D eigenvalue weighted by molar-refractivity contribution is 8.00. The van der Waals surface area contributed by atoms with Gasteiger partial charge in [-0.1, -0.05) is 12.1 Å². The van der Waals surface area contributed by atoms with E-state index in [1.165, 1.54) is 11.8 Å². The summed E-state index contributed by atoms with van der Waals surface area (Å²) in [5, 5.41) is 2.76. The van der Waals surface area contributed by atoms with Gasteiger partial charge < -0.3 is 14.8 Å². The fraction of sp³-hybridized carbons (Fsp3) is 0.278. The third kappa shape index (κ3) is 4.61. The molecule has 0 aromatic heterocycles. The molecule has 0 aliphatic heterocycles. The normalized spacial score (nSPS) is 11.7.